The number of hydrogen-bond acceptors (Lipinski definition) is 3. The number of furan rings is 1. The molecule has 0 fully saturated rings. The number of fused-ring (bicyclic) bond motifs is 1. The first-order valence-corrected chi connectivity index (χ1v) is 4.30. The second kappa shape index (κ2) is 2.83. The molecule has 0 saturated heterocycles. The van der Waals surface area contributed by atoms with E-state index in [1.165, 1.54) is 0 Å². The molecule has 1 unspecified atom stereocenters. The zero-order chi connectivity index (χ0) is 8.55. The fourth-order valence-corrected chi connectivity index (χ4v) is 1.24. The van der Waals surface area contributed by atoms with Gasteiger partial charge in [0.1, 0.15) is 5.76 Å². The molecule has 0 bridgehead atoms. The zero-order valence-electron chi connectivity index (χ0n) is 6.69. The minimum absolute atomic E-state index is 0.136. The average Bonchev–Trinajstić information content (AvgIpc) is 2.46. The SMILES string of the molecule is CC(S)c1cc2ccncc2o1. The molecule has 0 spiro atoms. The van der Waals surface area contributed by atoms with Gasteiger partial charge in [0.05, 0.1) is 11.4 Å². The number of hydrogen-bond donors (Lipinski definition) is 1. The molecule has 3 heteroatoms. The Morgan fingerprint density at radius 2 is 2.42 bits per heavy atom. The number of pyridine rings is 1. The molecule has 0 saturated carbocycles. The van der Waals surface area contributed by atoms with Gasteiger partial charge in [-0.05, 0) is 19.1 Å². The van der Waals surface area contributed by atoms with Crippen molar-refractivity contribution in [1.82, 2.24) is 4.98 Å². The van der Waals surface area contributed by atoms with E-state index in [9.17, 15) is 0 Å². The largest absolute Gasteiger partial charge is 0.458 e. The highest BCUT2D eigenvalue weighted by Crippen LogP contribution is 2.25. The highest BCUT2D eigenvalue weighted by molar-refractivity contribution is 7.80. The summed E-state index contributed by atoms with van der Waals surface area (Å²) in [6, 6.07) is 3.92. The first-order chi connectivity index (χ1) is 5.77. The van der Waals surface area contributed by atoms with Gasteiger partial charge < -0.3 is 4.42 Å². The van der Waals surface area contributed by atoms with Crippen LogP contribution >= 0.6 is 12.6 Å². The van der Waals surface area contributed by atoms with Gasteiger partial charge in [-0.25, -0.2) is 0 Å². The normalized spacial score (nSPS) is 13.5. The van der Waals surface area contributed by atoms with Gasteiger partial charge in [0, 0.05) is 11.6 Å². The lowest BCUT2D eigenvalue weighted by Crippen LogP contribution is -1.75. The molecule has 62 valence electrons. The minimum atomic E-state index is 0.136. The molecular weight excluding hydrogens is 170 g/mol. The van der Waals surface area contributed by atoms with Gasteiger partial charge >= 0.3 is 0 Å². The van der Waals surface area contributed by atoms with Gasteiger partial charge in [-0.2, -0.15) is 12.6 Å². The first kappa shape index (κ1) is 7.68. The Hall–Kier alpha value is -0.960. The fraction of sp³-hybridized carbons (Fsp3) is 0.222. The van der Waals surface area contributed by atoms with Gasteiger partial charge in [0.25, 0.3) is 0 Å². The summed E-state index contributed by atoms with van der Waals surface area (Å²) < 4.78 is 5.49. The number of nitrogens with zero attached hydrogens (tertiary/aromatic N) is 1. The van der Waals surface area contributed by atoms with Crippen LogP contribution in [0.5, 0.6) is 0 Å². The van der Waals surface area contributed by atoms with Gasteiger partial charge in [-0.15, -0.1) is 0 Å². The highest BCUT2D eigenvalue weighted by atomic mass is 32.1. The van der Waals surface area contributed by atoms with E-state index >= 15 is 0 Å². The van der Waals surface area contributed by atoms with Crippen molar-refractivity contribution in [3.63, 3.8) is 0 Å². The van der Waals surface area contributed by atoms with Gasteiger partial charge in [0.15, 0.2) is 5.58 Å². The molecule has 0 aliphatic heterocycles. The molecule has 0 radical (unpaired) electrons. The lowest BCUT2D eigenvalue weighted by atomic mass is 10.3. The summed E-state index contributed by atoms with van der Waals surface area (Å²) in [6.07, 6.45) is 3.47. The van der Waals surface area contributed by atoms with Crippen molar-refractivity contribution in [2.45, 2.75) is 12.2 Å². The molecule has 12 heavy (non-hydrogen) atoms. The quantitative estimate of drug-likeness (QED) is 0.681. The van der Waals surface area contributed by atoms with Gasteiger partial charge in [-0.1, -0.05) is 0 Å². The zero-order valence-corrected chi connectivity index (χ0v) is 7.58. The maximum absolute atomic E-state index is 5.49. The van der Waals surface area contributed by atoms with Crippen LogP contribution in [-0.4, -0.2) is 4.98 Å². The highest BCUT2D eigenvalue weighted by Gasteiger charge is 2.06. The van der Waals surface area contributed by atoms with Gasteiger partial charge in [-0.3, -0.25) is 4.98 Å². The average molecular weight is 179 g/mol. The van der Waals surface area contributed by atoms with Crippen molar-refractivity contribution in [1.29, 1.82) is 0 Å². The summed E-state index contributed by atoms with van der Waals surface area (Å²) in [5, 5.41) is 1.22. The number of aromatic nitrogens is 1. The second-order valence-electron chi connectivity index (χ2n) is 2.74. The molecule has 2 aromatic rings. The maximum Gasteiger partial charge on any atom is 0.152 e. The van der Waals surface area contributed by atoms with Crippen LogP contribution in [0.2, 0.25) is 0 Å². The van der Waals surface area contributed by atoms with E-state index in [0.717, 1.165) is 16.7 Å². The molecule has 0 aliphatic carbocycles. The van der Waals surface area contributed by atoms with Crippen molar-refractivity contribution in [2.24, 2.45) is 0 Å². The van der Waals surface area contributed by atoms with Crippen molar-refractivity contribution in [3.8, 4) is 0 Å². The Morgan fingerprint density at radius 3 is 3.08 bits per heavy atom. The topological polar surface area (TPSA) is 26.0 Å². The first-order valence-electron chi connectivity index (χ1n) is 3.79. The molecule has 0 aromatic carbocycles. The summed E-state index contributed by atoms with van der Waals surface area (Å²) in [5.74, 6) is 0.890. The van der Waals surface area contributed by atoms with Crippen molar-refractivity contribution in [3.05, 3.63) is 30.3 Å². The van der Waals surface area contributed by atoms with E-state index in [0.29, 0.717) is 0 Å². The molecule has 2 aromatic heterocycles. The van der Waals surface area contributed by atoms with E-state index in [2.05, 4.69) is 17.6 Å². The Bertz CT molecular complexity index is 361. The van der Waals surface area contributed by atoms with E-state index in [1.54, 1.807) is 12.4 Å². The maximum atomic E-state index is 5.49. The standard InChI is InChI=1S/C9H9NOS/c1-6(12)8-4-7-2-3-10-5-9(7)11-8/h2-6,12H,1H3. The summed E-state index contributed by atoms with van der Waals surface area (Å²) >= 11 is 4.28. The van der Waals surface area contributed by atoms with E-state index in [-0.39, 0.29) is 5.25 Å². The molecule has 2 heterocycles. The smallest absolute Gasteiger partial charge is 0.152 e. The second-order valence-corrected chi connectivity index (χ2v) is 3.51. The molecular formula is C9H9NOS. The van der Waals surface area contributed by atoms with Crippen LogP contribution in [0.3, 0.4) is 0 Å². The van der Waals surface area contributed by atoms with Crippen LogP contribution in [0.1, 0.15) is 17.9 Å². The van der Waals surface area contributed by atoms with E-state index in [4.69, 9.17) is 4.42 Å². The monoisotopic (exact) mass is 179 g/mol. The Labute approximate surface area is 76.0 Å². The van der Waals surface area contributed by atoms with E-state index in [1.807, 2.05) is 19.1 Å². The van der Waals surface area contributed by atoms with Crippen LogP contribution in [0.25, 0.3) is 11.0 Å². The summed E-state index contributed by atoms with van der Waals surface area (Å²) in [4.78, 5) is 3.97. The van der Waals surface area contributed by atoms with Crippen LogP contribution < -0.4 is 0 Å². The Kier molecular flexibility index (Phi) is 1.81. The molecule has 0 amide bonds. The molecule has 2 nitrogen and oxygen atoms in total. The minimum Gasteiger partial charge on any atom is -0.458 e. The van der Waals surface area contributed by atoms with Crippen LogP contribution in [0.15, 0.2) is 28.9 Å². The Balaban J connectivity index is 2.62. The predicted molar refractivity (Wildman–Crippen MR) is 51.4 cm³/mol. The van der Waals surface area contributed by atoms with Crippen LogP contribution in [0, 0.1) is 0 Å². The molecule has 0 N–H and O–H groups in total. The molecule has 2 rings (SSSR count). The third-order valence-corrected chi connectivity index (χ3v) is 2.01. The van der Waals surface area contributed by atoms with Crippen LogP contribution in [-0.2, 0) is 0 Å². The van der Waals surface area contributed by atoms with Crippen LogP contribution in [0.4, 0.5) is 0 Å². The lowest BCUT2D eigenvalue weighted by Gasteiger charge is -1.94. The summed E-state index contributed by atoms with van der Waals surface area (Å²) in [5.41, 5.74) is 0.827. The Morgan fingerprint density at radius 1 is 1.58 bits per heavy atom. The fourth-order valence-electron chi connectivity index (χ4n) is 1.11. The third-order valence-electron chi connectivity index (χ3n) is 1.75. The number of thiol groups is 1. The third kappa shape index (κ3) is 1.20. The van der Waals surface area contributed by atoms with Crippen molar-refractivity contribution < 1.29 is 4.42 Å². The molecule has 1 atom stereocenters. The van der Waals surface area contributed by atoms with E-state index < -0.39 is 0 Å². The lowest BCUT2D eigenvalue weighted by molar-refractivity contribution is 0.553. The van der Waals surface area contributed by atoms with Gasteiger partial charge in [0.2, 0.25) is 0 Å². The van der Waals surface area contributed by atoms with Crippen molar-refractivity contribution in [2.75, 3.05) is 0 Å². The predicted octanol–water partition coefficient (Wildman–Crippen LogP) is 2.82. The number of rotatable bonds is 1. The molecule has 0 aliphatic rings. The summed E-state index contributed by atoms with van der Waals surface area (Å²) in [6.45, 7) is 1.98. The van der Waals surface area contributed by atoms with Crippen molar-refractivity contribution >= 4 is 23.6 Å². The summed E-state index contributed by atoms with van der Waals surface area (Å²) in [7, 11) is 0.